The van der Waals surface area contributed by atoms with Gasteiger partial charge in [-0.3, -0.25) is 4.79 Å². The highest BCUT2D eigenvalue weighted by Crippen LogP contribution is 2.31. The Morgan fingerprint density at radius 1 is 1.27 bits per heavy atom. The van der Waals surface area contributed by atoms with E-state index in [-0.39, 0.29) is 23.4 Å². The highest BCUT2D eigenvalue weighted by molar-refractivity contribution is 6.32. The molecule has 2 aromatic rings. The Bertz CT molecular complexity index is 759. The molecule has 0 aliphatic heterocycles. The van der Waals surface area contributed by atoms with E-state index in [4.69, 9.17) is 11.6 Å². The molecular weight excluding hydrogens is 328 g/mol. The smallest absolute Gasteiger partial charge is 0.418 e. The lowest BCUT2D eigenvalue weighted by atomic mass is 10.0. The van der Waals surface area contributed by atoms with E-state index in [9.17, 15) is 27.5 Å². The molecule has 1 aromatic carbocycles. The van der Waals surface area contributed by atoms with Crippen molar-refractivity contribution in [3.05, 3.63) is 56.2 Å². The Labute approximate surface area is 126 Å². The quantitative estimate of drug-likeness (QED) is 0.847. The largest absolute Gasteiger partial charge is 0.506 e. The number of aromatic nitrogens is 2. The number of hydrogen-bond donors (Lipinski definition) is 2. The normalized spacial score (nSPS) is 11.7. The van der Waals surface area contributed by atoms with E-state index in [2.05, 4.69) is 5.10 Å². The van der Waals surface area contributed by atoms with Gasteiger partial charge < -0.3 is 5.11 Å². The van der Waals surface area contributed by atoms with Crippen molar-refractivity contribution < 1.29 is 22.7 Å². The third-order valence-corrected chi connectivity index (χ3v) is 3.33. The molecule has 4 nitrogen and oxygen atoms in total. The molecule has 22 heavy (non-hydrogen) atoms. The van der Waals surface area contributed by atoms with Crippen LogP contribution < -0.4 is 5.56 Å². The molecule has 1 aromatic heterocycles. The van der Waals surface area contributed by atoms with Crippen LogP contribution in [0.25, 0.3) is 0 Å². The molecule has 0 bridgehead atoms. The maximum absolute atomic E-state index is 13.7. The molecule has 0 atom stereocenters. The fourth-order valence-electron chi connectivity index (χ4n) is 1.95. The zero-order valence-electron chi connectivity index (χ0n) is 10.8. The van der Waals surface area contributed by atoms with Gasteiger partial charge in [-0.2, -0.15) is 18.3 Å². The first-order valence-corrected chi connectivity index (χ1v) is 6.38. The van der Waals surface area contributed by atoms with Gasteiger partial charge >= 0.3 is 6.18 Å². The van der Waals surface area contributed by atoms with Gasteiger partial charge in [0.25, 0.3) is 5.56 Å². The molecule has 0 saturated heterocycles. The Morgan fingerprint density at radius 3 is 2.59 bits per heavy atom. The molecule has 0 fully saturated rings. The van der Waals surface area contributed by atoms with Crippen LogP contribution in [0.4, 0.5) is 17.6 Å². The summed E-state index contributed by atoms with van der Waals surface area (Å²) in [6, 6.07) is 1.87. The van der Waals surface area contributed by atoms with E-state index in [0.717, 1.165) is 12.1 Å². The zero-order chi connectivity index (χ0) is 16.5. The van der Waals surface area contributed by atoms with Crippen molar-refractivity contribution in [2.45, 2.75) is 19.0 Å². The summed E-state index contributed by atoms with van der Waals surface area (Å²) in [5.74, 6) is -1.17. The van der Waals surface area contributed by atoms with Crippen molar-refractivity contribution in [1.29, 1.82) is 0 Å². The summed E-state index contributed by atoms with van der Waals surface area (Å²) in [5, 5.41) is 14.2. The van der Waals surface area contributed by atoms with Crippen LogP contribution in [0.5, 0.6) is 5.75 Å². The molecule has 118 valence electrons. The summed E-state index contributed by atoms with van der Waals surface area (Å²) in [5.41, 5.74) is -2.76. The number of alkyl halides is 3. The molecule has 1 heterocycles. The topological polar surface area (TPSA) is 66.0 Å². The fraction of sp³-hybridized carbons (Fsp3) is 0.231. The minimum absolute atomic E-state index is 0.0498. The van der Waals surface area contributed by atoms with Crippen LogP contribution >= 0.6 is 11.6 Å². The number of nitrogens with one attached hydrogen (secondary N) is 1. The van der Waals surface area contributed by atoms with Gasteiger partial charge in [-0.25, -0.2) is 9.49 Å². The van der Waals surface area contributed by atoms with Crippen LogP contribution in [0.3, 0.4) is 0 Å². The van der Waals surface area contributed by atoms with Gasteiger partial charge in [0.15, 0.2) is 0 Å². The SMILES string of the molecule is O=c1[nH]ncc(C(F)(F)F)c1CCc1cc(O)c(Cl)cc1F. The van der Waals surface area contributed by atoms with Crippen molar-refractivity contribution in [1.82, 2.24) is 10.2 Å². The predicted octanol–water partition coefficient (Wildman–Crippen LogP) is 3.07. The number of hydrogen-bond acceptors (Lipinski definition) is 3. The summed E-state index contributed by atoms with van der Waals surface area (Å²) in [6.07, 6.45) is -4.82. The lowest BCUT2D eigenvalue weighted by Gasteiger charge is -2.11. The van der Waals surface area contributed by atoms with Crippen molar-refractivity contribution in [3.63, 3.8) is 0 Å². The summed E-state index contributed by atoms with van der Waals surface area (Å²) in [4.78, 5) is 11.5. The zero-order valence-corrected chi connectivity index (χ0v) is 11.6. The Morgan fingerprint density at radius 2 is 1.95 bits per heavy atom. The van der Waals surface area contributed by atoms with Gasteiger partial charge in [0.2, 0.25) is 0 Å². The average Bonchev–Trinajstić information content (AvgIpc) is 2.41. The first kappa shape index (κ1) is 16.3. The third kappa shape index (κ3) is 3.38. The molecule has 0 aliphatic rings. The summed E-state index contributed by atoms with van der Waals surface area (Å²) in [6.45, 7) is 0. The second-order valence-corrected chi connectivity index (χ2v) is 4.89. The molecule has 0 unspecified atom stereocenters. The van der Waals surface area contributed by atoms with Crippen molar-refractivity contribution >= 4 is 11.6 Å². The number of phenols is 1. The van der Waals surface area contributed by atoms with Gasteiger partial charge in [0.05, 0.1) is 16.8 Å². The van der Waals surface area contributed by atoms with Crippen molar-refractivity contribution in [2.24, 2.45) is 0 Å². The minimum atomic E-state index is -4.74. The lowest BCUT2D eigenvalue weighted by Crippen LogP contribution is -2.22. The highest BCUT2D eigenvalue weighted by Gasteiger charge is 2.34. The first-order chi connectivity index (χ1) is 10.2. The van der Waals surface area contributed by atoms with Crippen LogP contribution in [0.2, 0.25) is 5.02 Å². The molecular formula is C13H9ClF4N2O2. The summed E-state index contributed by atoms with van der Waals surface area (Å²) in [7, 11) is 0. The standard InChI is InChI=1S/C13H9ClF4N2O2/c14-9-4-10(15)6(3-11(9)21)1-2-7-8(13(16,17)18)5-19-20-12(7)22/h3-5,21H,1-2H2,(H,20,22). The third-order valence-electron chi connectivity index (χ3n) is 3.02. The molecule has 0 spiro atoms. The Balaban J connectivity index is 2.34. The molecule has 2 rings (SSSR count). The molecule has 0 saturated carbocycles. The first-order valence-electron chi connectivity index (χ1n) is 6.00. The van der Waals surface area contributed by atoms with Gasteiger partial charge in [-0.15, -0.1) is 0 Å². The number of H-pyrrole nitrogens is 1. The van der Waals surface area contributed by atoms with E-state index in [1.165, 1.54) is 0 Å². The number of aromatic amines is 1. The van der Waals surface area contributed by atoms with Crippen molar-refractivity contribution in [2.75, 3.05) is 0 Å². The van der Waals surface area contributed by atoms with Crippen LogP contribution in [0, 0.1) is 5.82 Å². The molecule has 0 amide bonds. The molecule has 9 heteroatoms. The van der Waals surface area contributed by atoms with Gasteiger partial charge in [-0.05, 0) is 30.5 Å². The number of benzene rings is 1. The van der Waals surface area contributed by atoms with Gasteiger partial charge in [0.1, 0.15) is 11.6 Å². The summed E-state index contributed by atoms with van der Waals surface area (Å²) < 4.78 is 52.1. The minimum Gasteiger partial charge on any atom is -0.506 e. The maximum atomic E-state index is 13.7. The van der Waals surface area contributed by atoms with E-state index >= 15 is 0 Å². The van der Waals surface area contributed by atoms with Gasteiger partial charge in [0, 0.05) is 5.56 Å². The number of rotatable bonds is 3. The van der Waals surface area contributed by atoms with Crippen LogP contribution in [0.1, 0.15) is 16.7 Å². The number of nitrogens with zero attached hydrogens (tertiary/aromatic N) is 1. The monoisotopic (exact) mass is 336 g/mol. The van der Waals surface area contributed by atoms with E-state index in [1.54, 1.807) is 0 Å². The van der Waals surface area contributed by atoms with E-state index in [0.29, 0.717) is 6.20 Å². The molecule has 0 radical (unpaired) electrons. The fourth-order valence-corrected chi connectivity index (χ4v) is 2.10. The lowest BCUT2D eigenvalue weighted by molar-refractivity contribution is -0.138. The molecule has 0 aliphatic carbocycles. The predicted molar refractivity (Wildman–Crippen MR) is 70.3 cm³/mol. The Hall–Kier alpha value is -2.09. The van der Waals surface area contributed by atoms with Crippen LogP contribution in [-0.2, 0) is 19.0 Å². The average molecular weight is 337 g/mol. The van der Waals surface area contributed by atoms with E-state index < -0.39 is 34.4 Å². The van der Waals surface area contributed by atoms with Crippen LogP contribution in [-0.4, -0.2) is 15.3 Å². The molecule has 2 N–H and O–H groups in total. The van der Waals surface area contributed by atoms with Crippen LogP contribution in [0.15, 0.2) is 23.1 Å². The number of aromatic hydroxyl groups is 1. The van der Waals surface area contributed by atoms with Crippen molar-refractivity contribution in [3.8, 4) is 5.75 Å². The summed E-state index contributed by atoms with van der Waals surface area (Å²) >= 11 is 5.51. The second kappa shape index (κ2) is 5.96. The highest BCUT2D eigenvalue weighted by atomic mass is 35.5. The number of aryl methyl sites for hydroxylation is 1. The van der Waals surface area contributed by atoms with Gasteiger partial charge in [-0.1, -0.05) is 11.6 Å². The second-order valence-electron chi connectivity index (χ2n) is 4.48. The Kier molecular flexibility index (Phi) is 4.41. The number of phenolic OH excluding ortho intramolecular Hbond substituents is 1. The number of halogens is 5. The van der Waals surface area contributed by atoms with E-state index in [1.807, 2.05) is 5.10 Å². The maximum Gasteiger partial charge on any atom is 0.418 e.